The van der Waals surface area contributed by atoms with Gasteiger partial charge in [-0.15, -0.1) is 0 Å². The van der Waals surface area contributed by atoms with E-state index < -0.39 is 11.2 Å². The maximum atomic E-state index is 11.8. The van der Waals surface area contributed by atoms with Crippen molar-refractivity contribution in [2.75, 3.05) is 26.2 Å². The molecule has 2 rings (SSSR count). The number of nitrogens with two attached hydrogens (primary N) is 1. The molecule has 5 heteroatoms. The molecule has 1 saturated heterocycles. The van der Waals surface area contributed by atoms with Crippen molar-refractivity contribution in [3.05, 3.63) is 0 Å². The lowest BCUT2D eigenvalue weighted by Gasteiger charge is -2.40. The lowest BCUT2D eigenvalue weighted by atomic mass is 9.75. The normalized spacial score (nSPS) is 26.9. The molecule has 1 atom stereocenters. The van der Waals surface area contributed by atoms with Crippen LogP contribution in [0.25, 0.3) is 0 Å². The summed E-state index contributed by atoms with van der Waals surface area (Å²) in [6.07, 6.45) is 6.31. The second kappa shape index (κ2) is 5.78. The van der Waals surface area contributed by atoms with Gasteiger partial charge in [-0.25, -0.2) is 13.2 Å². The van der Waals surface area contributed by atoms with Gasteiger partial charge >= 0.3 is 0 Å². The van der Waals surface area contributed by atoms with Gasteiger partial charge in [0, 0.05) is 19.6 Å². The highest BCUT2D eigenvalue weighted by atomic mass is 32.2. The Hall–Kier alpha value is 0.0300. The van der Waals surface area contributed by atoms with Crippen molar-refractivity contribution in [1.82, 2.24) is 9.03 Å². The van der Waals surface area contributed by atoms with E-state index in [9.17, 15) is 4.21 Å². The van der Waals surface area contributed by atoms with Crippen molar-refractivity contribution in [1.29, 1.82) is 0 Å². The van der Waals surface area contributed by atoms with E-state index in [1.54, 1.807) is 0 Å². The molecule has 2 aliphatic rings. The molecule has 100 valence electrons. The van der Waals surface area contributed by atoms with Gasteiger partial charge < -0.3 is 5.73 Å². The second-order valence-electron chi connectivity index (χ2n) is 5.53. The largest absolute Gasteiger partial charge is 0.330 e. The van der Waals surface area contributed by atoms with Crippen molar-refractivity contribution in [2.24, 2.45) is 17.1 Å². The van der Waals surface area contributed by atoms with E-state index in [0.717, 1.165) is 44.9 Å². The average Bonchev–Trinajstić information content (AvgIpc) is 3.14. The number of piperidine rings is 1. The third kappa shape index (κ3) is 3.50. The topological polar surface area (TPSA) is 58.4 Å². The molecule has 0 aromatic heterocycles. The van der Waals surface area contributed by atoms with Gasteiger partial charge in [-0.3, -0.25) is 0 Å². The molecule has 4 nitrogen and oxygen atoms in total. The smallest absolute Gasteiger partial charge is 0.169 e. The molecule has 3 N–H and O–H groups in total. The Morgan fingerprint density at radius 3 is 2.53 bits per heavy atom. The quantitative estimate of drug-likeness (QED) is 0.748. The number of nitrogens with one attached hydrogen (secondary N) is 1. The molecule has 2 fully saturated rings. The average molecular weight is 259 g/mol. The number of hydrogen-bond acceptors (Lipinski definition) is 2. The van der Waals surface area contributed by atoms with E-state index in [4.69, 9.17) is 5.73 Å². The molecule has 0 spiro atoms. The molecular weight excluding hydrogens is 234 g/mol. The third-order valence-corrected chi connectivity index (χ3v) is 5.51. The fourth-order valence-corrected chi connectivity index (χ4v) is 3.71. The van der Waals surface area contributed by atoms with Crippen molar-refractivity contribution in [3.63, 3.8) is 0 Å². The first kappa shape index (κ1) is 13.5. The van der Waals surface area contributed by atoms with Gasteiger partial charge in [0.1, 0.15) is 0 Å². The molecule has 1 heterocycles. The summed E-state index contributed by atoms with van der Waals surface area (Å²) in [5.74, 6) is 0.935. The van der Waals surface area contributed by atoms with Gasteiger partial charge in [-0.05, 0) is 37.1 Å². The molecule has 1 unspecified atom stereocenters. The molecule has 0 radical (unpaired) electrons. The van der Waals surface area contributed by atoms with E-state index in [2.05, 4.69) is 4.72 Å². The summed E-state index contributed by atoms with van der Waals surface area (Å²) in [6.45, 7) is 5.38. The molecule has 1 aliphatic heterocycles. The first-order valence-electron chi connectivity index (χ1n) is 6.79. The Labute approximate surface area is 107 Å². The highest BCUT2D eigenvalue weighted by Crippen LogP contribution is 2.45. The zero-order valence-electron chi connectivity index (χ0n) is 10.8. The monoisotopic (exact) mass is 259 g/mol. The van der Waals surface area contributed by atoms with Gasteiger partial charge in [0.25, 0.3) is 0 Å². The van der Waals surface area contributed by atoms with Crippen molar-refractivity contribution >= 4 is 11.2 Å². The first-order valence-corrected chi connectivity index (χ1v) is 7.90. The SMILES string of the molecule is CCNS(=O)N1CCC(CN)(CC2CC2)CC1. The fourth-order valence-electron chi connectivity index (χ4n) is 2.77. The number of rotatable bonds is 6. The first-order chi connectivity index (χ1) is 8.19. The highest BCUT2D eigenvalue weighted by molar-refractivity contribution is 7.80. The van der Waals surface area contributed by atoms with Gasteiger partial charge in [0.05, 0.1) is 0 Å². The summed E-state index contributed by atoms with van der Waals surface area (Å²) in [7, 11) is 0. The molecule has 0 bridgehead atoms. The van der Waals surface area contributed by atoms with Crippen molar-refractivity contribution in [2.45, 2.75) is 39.0 Å². The van der Waals surface area contributed by atoms with Crippen LogP contribution in [0.3, 0.4) is 0 Å². The summed E-state index contributed by atoms with van der Waals surface area (Å²) in [6, 6.07) is 0. The minimum absolute atomic E-state index is 0.341. The summed E-state index contributed by atoms with van der Waals surface area (Å²) in [4.78, 5) is 0. The van der Waals surface area contributed by atoms with E-state index in [0.29, 0.717) is 5.41 Å². The molecule has 0 amide bonds. The third-order valence-electron chi connectivity index (χ3n) is 4.14. The van der Waals surface area contributed by atoms with Crippen molar-refractivity contribution in [3.8, 4) is 0 Å². The van der Waals surface area contributed by atoms with Gasteiger partial charge in [0.15, 0.2) is 11.2 Å². The summed E-state index contributed by atoms with van der Waals surface area (Å²) in [5.41, 5.74) is 6.33. The van der Waals surface area contributed by atoms with Crippen LogP contribution in [0, 0.1) is 11.3 Å². The molecular formula is C12H25N3OS. The summed E-state index contributed by atoms with van der Waals surface area (Å²) in [5, 5.41) is 0. The molecule has 0 aromatic carbocycles. The van der Waals surface area contributed by atoms with Gasteiger partial charge in [-0.1, -0.05) is 19.8 Å². The Balaban J connectivity index is 1.84. The van der Waals surface area contributed by atoms with Crippen LogP contribution in [-0.4, -0.2) is 34.7 Å². The minimum Gasteiger partial charge on any atom is -0.330 e. The maximum absolute atomic E-state index is 11.8. The van der Waals surface area contributed by atoms with Crippen LogP contribution >= 0.6 is 0 Å². The Morgan fingerprint density at radius 1 is 1.41 bits per heavy atom. The second-order valence-corrected chi connectivity index (χ2v) is 6.83. The van der Waals surface area contributed by atoms with E-state index in [1.807, 2.05) is 11.2 Å². The summed E-state index contributed by atoms with van der Waals surface area (Å²) < 4.78 is 16.9. The molecule has 17 heavy (non-hydrogen) atoms. The van der Waals surface area contributed by atoms with Crippen LogP contribution in [0.15, 0.2) is 0 Å². The van der Waals surface area contributed by atoms with Gasteiger partial charge in [-0.2, -0.15) is 0 Å². The number of hydrogen-bond donors (Lipinski definition) is 2. The van der Waals surface area contributed by atoms with Crippen LogP contribution in [-0.2, 0) is 11.2 Å². The van der Waals surface area contributed by atoms with Crippen molar-refractivity contribution < 1.29 is 4.21 Å². The van der Waals surface area contributed by atoms with Crippen LogP contribution in [0.2, 0.25) is 0 Å². The van der Waals surface area contributed by atoms with E-state index >= 15 is 0 Å². The van der Waals surface area contributed by atoms with Gasteiger partial charge in [0.2, 0.25) is 0 Å². The molecule has 0 aromatic rings. The molecule has 1 aliphatic carbocycles. The minimum atomic E-state index is -0.996. The Morgan fingerprint density at radius 2 is 2.06 bits per heavy atom. The predicted molar refractivity (Wildman–Crippen MR) is 71.5 cm³/mol. The summed E-state index contributed by atoms with van der Waals surface area (Å²) >= 11 is -0.996. The predicted octanol–water partition coefficient (Wildman–Crippen LogP) is 1.02. The zero-order chi connectivity index (χ0) is 12.3. The fraction of sp³-hybridized carbons (Fsp3) is 1.00. The highest BCUT2D eigenvalue weighted by Gasteiger charge is 2.39. The lowest BCUT2D eigenvalue weighted by Crippen LogP contribution is -2.47. The molecule has 1 saturated carbocycles. The van der Waals surface area contributed by atoms with Crippen LogP contribution in [0.1, 0.15) is 39.0 Å². The van der Waals surface area contributed by atoms with Crippen LogP contribution in [0.4, 0.5) is 0 Å². The van der Waals surface area contributed by atoms with E-state index in [1.165, 1.54) is 19.3 Å². The number of nitrogens with zero attached hydrogens (tertiary/aromatic N) is 1. The van der Waals surface area contributed by atoms with Crippen LogP contribution in [0.5, 0.6) is 0 Å². The Kier molecular flexibility index (Phi) is 4.58. The standard InChI is InChI=1S/C12H25N3OS/c1-2-14-17(16)15-7-5-12(10-13,6-8-15)9-11-3-4-11/h11,14H,2-10,13H2,1H3. The van der Waals surface area contributed by atoms with Crippen LogP contribution < -0.4 is 10.5 Å². The van der Waals surface area contributed by atoms with E-state index in [-0.39, 0.29) is 0 Å². The zero-order valence-corrected chi connectivity index (χ0v) is 11.6. The Bertz CT molecular complexity index is 273. The maximum Gasteiger partial charge on any atom is 0.169 e. The lowest BCUT2D eigenvalue weighted by molar-refractivity contribution is 0.144.